The molecule has 4 nitrogen and oxygen atoms in total. The first kappa shape index (κ1) is 15.0. The minimum Gasteiger partial charge on any atom is -0.396 e. The van der Waals surface area contributed by atoms with Crippen molar-refractivity contribution in [2.75, 3.05) is 17.1 Å². The molecule has 1 rings (SSSR count). The fourth-order valence-corrected chi connectivity index (χ4v) is 3.55. The molecular formula is C13H21NO3S. The minimum absolute atomic E-state index is 0.107. The van der Waals surface area contributed by atoms with E-state index in [0.29, 0.717) is 5.69 Å². The standard InChI is InChI=1S/C13H21NO3S/c1-10-6-5-7-11(2)12(10)14-18(16,17)9-13(3,4)8-15/h5-7,14-15H,8-9H2,1-4H3. The van der Waals surface area contributed by atoms with Crippen molar-refractivity contribution in [3.05, 3.63) is 29.3 Å². The van der Waals surface area contributed by atoms with Gasteiger partial charge >= 0.3 is 0 Å². The first-order valence-electron chi connectivity index (χ1n) is 5.84. The van der Waals surface area contributed by atoms with Crippen LogP contribution in [0.1, 0.15) is 25.0 Å². The third-order valence-corrected chi connectivity index (χ3v) is 4.42. The number of aryl methyl sites for hydroxylation is 2. The molecule has 0 heterocycles. The maximum absolute atomic E-state index is 12.1. The van der Waals surface area contributed by atoms with Gasteiger partial charge in [0.2, 0.25) is 10.0 Å². The van der Waals surface area contributed by atoms with Crippen LogP contribution < -0.4 is 4.72 Å². The quantitative estimate of drug-likeness (QED) is 0.861. The van der Waals surface area contributed by atoms with E-state index in [2.05, 4.69) is 4.72 Å². The van der Waals surface area contributed by atoms with Crippen molar-refractivity contribution in [3.63, 3.8) is 0 Å². The minimum atomic E-state index is -3.46. The van der Waals surface area contributed by atoms with E-state index in [9.17, 15) is 8.42 Å². The van der Waals surface area contributed by atoms with E-state index >= 15 is 0 Å². The summed E-state index contributed by atoms with van der Waals surface area (Å²) in [7, 11) is -3.46. The molecule has 0 saturated heterocycles. The highest BCUT2D eigenvalue weighted by Gasteiger charge is 2.26. The van der Waals surface area contributed by atoms with Crippen molar-refractivity contribution in [2.24, 2.45) is 5.41 Å². The Morgan fingerprint density at radius 3 is 2.17 bits per heavy atom. The van der Waals surface area contributed by atoms with Crippen molar-refractivity contribution >= 4 is 15.7 Å². The molecule has 18 heavy (non-hydrogen) atoms. The molecule has 1 aromatic rings. The topological polar surface area (TPSA) is 66.4 Å². The average Bonchev–Trinajstić information content (AvgIpc) is 2.22. The Morgan fingerprint density at radius 2 is 1.72 bits per heavy atom. The molecule has 0 aromatic heterocycles. The smallest absolute Gasteiger partial charge is 0.233 e. The Hall–Kier alpha value is -1.07. The van der Waals surface area contributed by atoms with Gasteiger partial charge in [-0.25, -0.2) is 8.42 Å². The third kappa shape index (κ3) is 3.99. The van der Waals surface area contributed by atoms with Crippen LogP contribution in [0.3, 0.4) is 0 Å². The molecular weight excluding hydrogens is 250 g/mol. The van der Waals surface area contributed by atoms with Crippen LogP contribution in [-0.2, 0) is 10.0 Å². The molecule has 0 saturated carbocycles. The summed E-state index contributed by atoms with van der Waals surface area (Å²) in [5.74, 6) is -0.107. The zero-order valence-corrected chi connectivity index (χ0v) is 12.1. The number of nitrogens with one attached hydrogen (secondary N) is 1. The number of para-hydroxylation sites is 1. The lowest BCUT2D eigenvalue weighted by atomic mass is 9.98. The summed E-state index contributed by atoms with van der Waals surface area (Å²) in [5, 5.41) is 9.14. The van der Waals surface area contributed by atoms with Crippen LogP contribution in [0.4, 0.5) is 5.69 Å². The van der Waals surface area contributed by atoms with E-state index in [-0.39, 0.29) is 12.4 Å². The number of benzene rings is 1. The Kier molecular flexibility index (Phi) is 4.40. The molecule has 0 radical (unpaired) electrons. The summed E-state index contributed by atoms with van der Waals surface area (Å²) in [6.07, 6.45) is 0. The van der Waals surface area contributed by atoms with Crippen LogP contribution in [0.15, 0.2) is 18.2 Å². The van der Waals surface area contributed by atoms with Gasteiger partial charge in [-0.15, -0.1) is 0 Å². The van der Waals surface area contributed by atoms with Gasteiger partial charge in [0.25, 0.3) is 0 Å². The van der Waals surface area contributed by atoms with Crippen molar-refractivity contribution < 1.29 is 13.5 Å². The van der Waals surface area contributed by atoms with Gasteiger partial charge in [0, 0.05) is 12.0 Å². The first-order chi connectivity index (χ1) is 8.17. The monoisotopic (exact) mass is 271 g/mol. The van der Waals surface area contributed by atoms with Crippen molar-refractivity contribution in [3.8, 4) is 0 Å². The van der Waals surface area contributed by atoms with E-state index in [1.165, 1.54) is 0 Å². The number of anilines is 1. The summed E-state index contributed by atoms with van der Waals surface area (Å²) in [6.45, 7) is 7.00. The molecule has 1 aromatic carbocycles. The Bertz CT molecular complexity index is 501. The highest BCUT2D eigenvalue weighted by atomic mass is 32.2. The molecule has 0 spiro atoms. The van der Waals surface area contributed by atoms with Gasteiger partial charge in [0.05, 0.1) is 11.4 Å². The lowest BCUT2D eigenvalue weighted by Gasteiger charge is -2.22. The Labute approximate surface area is 109 Å². The van der Waals surface area contributed by atoms with Gasteiger partial charge < -0.3 is 5.11 Å². The molecule has 0 amide bonds. The Morgan fingerprint density at radius 1 is 1.22 bits per heavy atom. The second-order valence-corrected chi connectivity index (χ2v) is 7.17. The molecule has 2 N–H and O–H groups in total. The van der Waals surface area contributed by atoms with E-state index in [4.69, 9.17) is 5.11 Å². The van der Waals surface area contributed by atoms with Crippen LogP contribution in [0.5, 0.6) is 0 Å². The second-order valence-electron chi connectivity index (χ2n) is 5.45. The summed E-state index contributed by atoms with van der Waals surface area (Å²) in [4.78, 5) is 0. The number of aliphatic hydroxyl groups excluding tert-OH is 1. The molecule has 102 valence electrons. The maximum atomic E-state index is 12.1. The highest BCUT2D eigenvalue weighted by molar-refractivity contribution is 7.92. The highest BCUT2D eigenvalue weighted by Crippen LogP contribution is 2.23. The third-order valence-electron chi connectivity index (χ3n) is 2.75. The fourth-order valence-electron chi connectivity index (χ4n) is 1.73. The van der Waals surface area contributed by atoms with Gasteiger partial charge in [-0.05, 0) is 25.0 Å². The summed E-state index contributed by atoms with van der Waals surface area (Å²) in [5.41, 5.74) is 1.76. The van der Waals surface area contributed by atoms with Gasteiger partial charge in [0.15, 0.2) is 0 Å². The van der Waals surface area contributed by atoms with Crippen LogP contribution in [0.2, 0.25) is 0 Å². The van der Waals surface area contributed by atoms with Gasteiger partial charge in [-0.1, -0.05) is 32.0 Å². The zero-order chi connectivity index (χ0) is 14.0. The van der Waals surface area contributed by atoms with Crippen molar-refractivity contribution in [2.45, 2.75) is 27.7 Å². The number of rotatable bonds is 5. The largest absolute Gasteiger partial charge is 0.396 e. The van der Waals surface area contributed by atoms with E-state index < -0.39 is 15.4 Å². The van der Waals surface area contributed by atoms with E-state index in [1.807, 2.05) is 32.0 Å². The normalized spacial score (nSPS) is 12.5. The molecule has 0 unspecified atom stereocenters. The number of sulfonamides is 1. The second kappa shape index (κ2) is 5.28. The average molecular weight is 271 g/mol. The Balaban J connectivity index is 2.97. The summed E-state index contributed by atoms with van der Waals surface area (Å²) < 4.78 is 26.7. The van der Waals surface area contributed by atoms with Crippen LogP contribution in [0.25, 0.3) is 0 Å². The fraction of sp³-hybridized carbons (Fsp3) is 0.538. The predicted octanol–water partition coefficient (Wildman–Crippen LogP) is 2.06. The lowest BCUT2D eigenvalue weighted by Crippen LogP contribution is -2.31. The summed E-state index contributed by atoms with van der Waals surface area (Å²) >= 11 is 0. The van der Waals surface area contributed by atoms with Gasteiger partial charge in [-0.3, -0.25) is 4.72 Å². The van der Waals surface area contributed by atoms with Crippen molar-refractivity contribution in [1.29, 1.82) is 0 Å². The molecule has 0 aliphatic carbocycles. The van der Waals surface area contributed by atoms with Crippen LogP contribution >= 0.6 is 0 Å². The number of hydrogen-bond donors (Lipinski definition) is 2. The molecule has 0 aliphatic rings. The first-order valence-corrected chi connectivity index (χ1v) is 7.50. The molecule has 0 aliphatic heterocycles. The van der Waals surface area contributed by atoms with E-state index in [1.54, 1.807) is 13.8 Å². The van der Waals surface area contributed by atoms with E-state index in [0.717, 1.165) is 11.1 Å². The van der Waals surface area contributed by atoms with Crippen LogP contribution in [-0.4, -0.2) is 25.9 Å². The number of aliphatic hydroxyl groups is 1. The van der Waals surface area contributed by atoms with Crippen LogP contribution in [0, 0.1) is 19.3 Å². The molecule has 0 fully saturated rings. The molecule has 0 bridgehead atoms. The zero-order valence-electron chi connectivity index (χ0n) is 11.3. The van der Waals surface area contributed by atoms with Gasteiger partial charge in [0.1, 0.15) is 0 Å². The SMILES string of the molecule is Cc1cccc(C)c1NS(=O)(=O)CC(C)(C)CO. The molecule has 5 heteroatoms. The van der Waals surface area contributed by atoms with Crippen molar-refractivity contribution in [1.82, 2.24) is 0 Å². The lowest BCUT2D eigenvalue weighted by molar-refractivity contribution is 0.179. The predicted molar refractivity (Wildman–Crippen MR) is 74.2 cm³/mol. The number of hydrogen-bond acceptors (Lipinski definition) is 3. The van der Waals surface area contributed by atoms with Gasteiger partial charge in [-0.2, -0.15) is 0 Å². The summed E-state index contributed by atoms with van der Waals surface area (Å²) in [6, 6.07) is 5.62. The maximum Gasteiger partial charge on any atom is 0.233 e. The molecule has 0 atom stereocenters.